The SMILES string of the molecule is COc1ccc(-c2cc(C(=O)N3CCC(N4CCCC4C(N)=O)CC3)sc2C)cc1. The van der Waals surface area contributed by atoms with Gasteiger partial charge < -0.3 is 15.4 Å². The van der Waals surface area contributed by atoms with Crippen LogP contribution < -0.4 is 10.5 Å². The number of nitrogens with two attached hydrogens (primary N) is 1. The first-order chi connectivity index (χ1) is 14.5. The summed E-state index contributed by atoms with van der Waals surface area (Å²) in [6, 6.07) is 10.2. The molecule has 0 bridgehead atoms. The lowest BCUT2D eigenvalue weighted by atomic mass is 10.0. The molecule has 2 N–H and O–H groups in total. The zero-order valence-electron chi connectivity index (χ0n) is 17.6. The predicted molar refractivity (Wildman–Crippen MR) is 119 cm³/mol. The molecule has 1 aromatic heterocycles. The lowest BCUT2D eigenvalue weighted by molar-refractivity contribution is -0.123. The molecule has 2 aliphatic heterocycles. The van der Waals surface area contributed by atoms with E-state index in [0.717, 1.165) is 71.9 Å². The van der Waals surface area contributed by atoms with Crippen molar-refractivity contribution in [3.05, 3.63) is 40.1 Å². The molecular formula is C23H29N3O3S. The van der Waals surface area contributed by atoms with Gasteiger partial charge in [-0.2, -0.15) is 0 Å². The van der Waals surface area contributed by atoms with E-state index >= 15 is 0 Å². The monoisotopic (exact) mass is 427 g/mol. The Kier molecular flexibility index (Phi) is 6.11. The van der Waals surface area contributed by atoms with Crippen molar-refractivity contribution in [2.45, 2.75) is 44.7 Å². The summed E-state index contributed by atoms with van der Waals surface area (Å²) in [6.07, 6.45) is 3.67. The Morgan fingerprint density at radius 3 is 2.43 bits per heavy atom. The third kappa shape index (κ3) is 4.09. The highest BCUT2D eigenvalue weighted by Crippen LogP contribution is 2.33. The number of rotatable bonds is 5. The van der Waals surface area contributed by atoms with Gasteiger partial charge in [0.2, 0.25) is 5.91 Å². The minimum Gasteiger partial charge on any atom is -0.497 e. The number of benzene rings is 1. The minimum atomic E-state index is -0.217. The number of hydrogen-bond donors (Lipinski definition) is 1. The summed E-state index contributed by atoms with van der Waals surface area (Å²) >= 11 is 1.56. The molecule has 2 fully saturated rings. The third-order valence-electron chi connectivity index (χ3n) is 6.37. The number of carbonyl (C=O) groups is 2. The van der Waals surface area contributed by atoms with Crippen molar-refractivity contribution in [1.29, 1.82) is 0 Å². The second-order valence-corrected chi connectivity index (χ2v) is 9.39. The molecule has 6 nitrogen and oxygen atoms in total. The van der Waals surface area contributed by atoms with E-state index in [1.807, 2.05) is 35.2 Å². The van der Waals surface area contributed by atoms with Crippen LogP contribution in [0.1, 0.15) is 40.2 Å². The van der Waals surface area contributed by atoms with Crippen LogP contribution in [0, 0.1) is 6.92 Å². The molecule has 1 aromatic carbocycles. The Balaban J connectivity index is 1.41. The lowest BCUT2D eigenvalue weighted by Gasteiger charge is -2.38. The normalized spacial score (nSPS) is 20.5. The molecule has 2 saturated heterocycles. The van der Waals surface area contributed by atoms with Crippen molar-refractivity contribution in [1.82, 2.24) is 9.80 Å². The zero-order valence-corrected chi connectivity index (χ0v) is 18.4. The van der Waals surface area contributed by atoms with Crippen LogP contribution in [0.3, 0.4) is 0 Å². The van der Waals surface area contributed by atoms with Crippen molar-refractivity contribution in [2.75, 3.05) is 26.7 Å². The first-order valence-corrected chi connectivity index (χ1v) is 11.4. The van der Waals surface area contributed by atoms with E-state index in [2.05, 4.69) is 11.8 Å². The fourth-order valence-electron chi connectivity index (χ4n) is 4.73. The number of thiophene rings is 1. The molecule has 7 heteroatoms. The van der Waals surface area contributed by atoms with Crippen molar-refractivity contribution < 1.29 is 14.3 Å². The summed E-state index contributed by atoms with van der Waals surface area (Å²) in [5, 5.41) is 0. The van der Waals surface area contributed by atoms with Crippen LogP contribution in [0.25, 0.3) is 11.1 Å². The zero-order chi connectivity index (χ0) is 21.3. The molecule has 2 aliphatic rings. The van der Waals surface area contributed by atoms with E-state index in [4.69, 9.17) is 10.5 Å². The molecule has 2 aromatic rings. The van der Waals surface area contributed by atoms with Gasteiger partial charge in [0.1, 0.15) is 5.75 Å². The van der Waals surface area contributed by atoms with E-state index in [9.17, 15) is 9.59 Å². The van der Waals surface area contributed by atoms with Crippen LogP contribution in [0.2, 0.25) is 0 Å². The highest BCUT2D eigenvalue weighted by atomic mass is 32.1. The van der Waals surface area contributed by atoms with Crippen LogP contribution in [0.15, 0.2) is 30.3 Å². The molecule has 0 saturated carbocycles. The fraction of sp³-hybridized carbons (Fsp3) is 0.478. The summed E-state index contributed by atoms with van der Waals surface area (Å²) in [6.45, 7) is 4.44. The van der Waals surface area contributed by atoms with Crippen LogP contribution >= 0.6 is 11.3 Å². The smallest absolute Gasteiger partial charge is 0.263 e. The Morgan fingerprint density at radius 1 is 1.10 bits per heavy atom. The summed E-state index contributed by atoms with van der Waals surface area (Å²) in [7, 11) is 1.66. The molecule has 3 heterocycles. The molecule has 1 unspecified atom stereocenters. The average molecular weight is 428 g/mol. The Bertz CT molecular complexity index is 916. The molecule has 1 atom stereocenters. The maximum Gasteiger partial charge on any atom is 0.263 e. The fourth-order valence-corrected chi connectivity index (χ4v) is 5.74. The molecule has 0 radical (unpaired) electrons. The number of piperidine rings is 1. The summed E-state index contributed by atoms with van der Waals surface area (Å²) in [4.78, 5) is 31.0. The molecule has 0 aliphatic carbocycles. The second kappa shape index (κ2) is 8.78. The first-order valence-electron chi connectivity index (χ1n) is 10.6. The Labute approximate surface area is 181 Å². The van der Waals surface area contributed by atoms with Crippen LogP contribution in [-0.2, 0) is 4.79 Å². The van der Waals surface area contributed by atoms with E-state index in [1.165, 1.54) is 0 Å². The largest absolute Gasteiger partial charge is 0.497 e. The maximum atomic E-state index is 13.1. The van der Waals surface area contributed by atoms with E-state index in [0.29, 0.717) is 6.04 Å². The van der Waals surface area contributed by atoms with Crippen LogP contribution in [0.4, 0.5) is 0 Å². The van der Waals surface area contributed by atoms with E-state index < -0.39 is 0 Å². The topological polar surface area (TPSA) is 75.9 Å². The van der Waals surface area contributed by atoms with Gasteiger partial charge in [0.15, 0.2) is 0 Å². The number of ether oxygens (including phenoxy) is 1. The maximum absolute atomic E-state index is 13.1. The second-order valence-electron chi connectivity index (χ2n) is 8.13. The van der Waals surface area contributed by atoms with Crippen LogP contribution in [0.5, 0.6) is 5.75 Å². The van der Waals surface area contributed by atoms with Gasteiger partial charge in [0, 0.05) is 24.0 Å². The van der Waals surface area contributed by atoms with Gasteiger partial charge in [-0.05, 0) is 68.5 Å². The highest BCUT2D eigenvalue weighted by molar-refractivity contribution is 7.14. The molecule has 0 spiro atoms. The van der Waals surface area contributed by atoms with E-state index in [1.54, 1.807) is 18.4 Å². The van der Waals surface area contributed by atoms with Crippen LogP contribution in [-0.4, -0.2) is 60.4 Å². The Morgan fingerprint density at radius 2 is 1.80 bits per heavy atom. The summed E-state index contributed by atoms with van der Waals surface area (Å²) in [5.41, 5.74) is 7.77. The average Bonchev–Trinajstić information content (AvgIpc) is 3.41. The molecule has 4 rings (SSSR count). The summed E-state index contributed by atoms with van der Waals surface area (Å²) < 4.78 is 5.24. The van der Waals surface area contributed by atoms with Crippen molar-refractivity contribution in [3.63, 3.8) is 0 Å². The molecular weight excluding hydrogens is 398 g/mol. The number of methoxy groups -OCH3 is 1. The quantitative estimate of drug-likeness (QED) is 0.795. The number of hydrogen-bond acceptors (Lipinski definition) is 5. The van der Waals surface area contributed by atoms with Crippen molar-refractivity contribution in [2.24, 2.45) is 5.73 Å². The highest BCUT2D eigenvalue weighted by Gasteiger charge is 2.36. The van der Waals surface area contributed by atoms with Crippen molar-refractivity contribution in [3.8, 4) is 16.9 Å². The van der Waals surface area contributed by atoms with Gasteiger partial charge in [-0.1, -0.05) is 12.1 Å². The predicted octanol–water partition coefficient (Wildman–Crippen LogP) is 3.29. The third-order valence-corrected chi connectivity index (χ3v) is 7.41. The van der Waals surface area contributed by atoms with Gasteiger partial charge in [-0.15, -0.1) is 11.3 Å². The van der Waals surface area contributed by atoms with Gasteiger partial charge in [-0.3, -0.25) is 14.5 Å². The number of carbonyl (C=O) groups excluding carboxylic acids is 2. The molecule has 160 valence electrons. The molecule has 30 heavy (non-hydrogen) atoms. The van der Waals surface area contributed by atoms with Gasteiger partial charge >= 0.3 is 0 Å². The number of amides is 2. The summed E-state index contributed by atoms with van der Waals surface area (Å²) in [5.74, 6) is 0.711. The van der Waals surface area contributed by atoms with E-state index in [-0.39, 0.29) is 17.9 Å². The van der Waals surface area contributed by atoms with Crippen molar-refractivity contribution >= 4 is 23.2 Å². The lowest BCUT2D eigenvalue weighted by Crippen LogP contribution is -2.51. The standard InChI is InChI=1S/C23H29N3O3S/c1-15-19(16-5-7-18(29-2)8-6-16)14-21(30-15)23(28)25-12-9-17(10-13-25)26-11-3-4-20(26)22(24)27/h5-8,14,17,20H,3-4,9-13H2,1-2H3,(H2,24,27). The van der Waals surface area contributed by atoms with Gasteiger partial charge in [0.05, 0.1) is 18.0 Å². The number of aryl methyl sites for hydroxylation is 1. The van der Waals surface area contributed by atoms with Gasteiger partial charge in [0.25, 0.3) is 5.91 Å². The number of primary amides is 1. The first kappa shape index (κ1) is 20.9. The van der Waals surface area contributed by atoms with Gasteiger partial charge in [-0.25, -0.2) is 0 Å². The number of nitrogens with zero attached hydrogens (tertiary/aromatic N) is 2. The minimum absolute atomic E-state index is 0.106. The Hall–Kier alpha value is -2.38. The molecule has 2 amide bonds. The number of likely N-dealkylation sites (tertiary alicyclic amines) is 2.